The normalized spacial score (nSPS) is 13.6. The Kier molecular flexibility index (Phi) is 5.76. The van der Waals surface area contributed by atoms with Gasteiger partial charge in [0, 0.05) is 5.56 Å². The van der Waals surface area contributed by atoms with E-state index in [1.807, 2.05) is 26.0 Å². The zero-order chi connectivity index (χ0) is 21.3. The Morgan fingerprint density at radius 1 is 1.10 bits per heavy atom. The molecule has 0 saturated heterocycles. The van der Waals surface area contributed by atoms with Crippen LogP contribution >= 0.6 is 0 Å². The molecule has 0 amide bonds. The highest BCUT2D eigenvalue weighted by molar-refractivity contribution is 5.81. The number of para-hydroxylation sites is 1. The first-order valence-electron chi connectivity index (χ1n) is 9.34. The SMILES string of the molecule is CC[C@@H](Nc1c(Nc2cccc(C(O)N(C)C)c2O)c(=O)c1=O)c1ccc(C)o1. The second-order valence-corrected chi connectivity index (χ2v) is 7.17. The Morgan fingerprint density at radius 2 is 1.79 bits per heavy atom. The average Bonchev–Trinajstić information content (AvgIpc) is 3.13. The molecule has 3 aromatic rings. The lowest BCUT2D eigenvalue weighted by molar-refractivity contribution is 0.0376. The van der Waals surface area contributed by atoms with Crippen LogP contribution in [0.1, 0.15) is 42.7 Å². The second-order valence-electron chi connectivity index (χ2n) is 7.17. The quantitative estimate of drug-likeness (QED) is 0.260. The first-order chi connectivity index (χ1) is 13.7. The summed E-state index contributed by atoms with van der Waals surface area (Å²) < 4.78 is 5.63. The zero-order valence-electron chi connectivity index (χ0n) is 16.8. The molecule has 0 fully saturated rings. The van der Waals surface area contributed by atoms with Gasteiger partial charge in [0.25, 0.3) is 10.9 Å². The van der Waals surface area contributed by atoms with Crippen LogP contribution in [-0.2, 0) is 0 Å². The molecule has 2 aromatic carbocycles. The summed E-state index contributed by atoms with van der Waals surface area (Å²) in [6, 6.07) is 8.17. The zero-order valence-corrected chi connectivity index (χ0v) is 16.8. The molecule has 3 rings (SSSR count). The summed E-state index contributed by atoms with van der Waals surface area (Å²) in [6.07, 6.45) is -0.380. The number of aliphatic hydroxyl groups excluding tert-OH is 1. The topological polar surface area (TPSA) is 115 Å². The number of phenols is 1. The van der Waals surface area contributed by atoms with Gasteiger partial charge in [-0.25, -0.2) is 0 Å². The molecule has 29 heavy (non-hydrogen) atoms. The van der Waals surface area contributed by atoms with Crippen molar-refractivity contribution in [1.29, 1.82) is 0 Å². The van der Waals surface area contributed by atoms with Crippen molar-refractivity contribution in [2.45, 2.75) is 32.5 Å². The monoisotopic (exact) mass is 399 g/mol. The van der Waals surface area contributed by atoms with Crippen LogP contribution in [0, 0.1) is 6.92 Å². The number of nitrogens with one attached hydrogen (secondary N) is 2. The summed E-state index contributed by atoms with van der Waals surface area (Å²) >= 11 is 0. The van der Waals surface area contributed by atoms with E-state index in [0.717, 1.165) is 5.76 Å². The third kappa shape index (κ3) is 3.90. The van der Waals surface area contributed by atoms with Crippen LogP contribution in [0.5, 0.6) is 5.75 Å². The molecule has 0 radical (unpaired) electrons. The molecule has 154 valence electrons. The van der Waals surface area contributed by atoms with E-state index in [4.69, 9.17) is 4.42 Å². The van der Waals surface area contributed by atoms with Gasteiger partial charge in [-0.2, -0.15) is 0 Å². The molecule has 0 spiro atoms. The van der Waals surface area contributed by atoms with E-state index >= 15 is 0 Å². The van der Waals surface area contributed by atoms with Crippen molar-refractivity contribution in [3.05, 3.63) is 67.9 Å². The predicted molar refractivity (Wildman–Crippen MR) is 111 cm³/mol. The molecule has 0 aliphatic rings. The van der Waals surface area contributed by atoms with Gasteiger partial charge in [0.2, 0.25) is 0 Å². The third-order valence-electron chi connectivity index (χ3n) is 4.84. The molecule has 1 unspecified atom stereocenters. The van der Waals surface area contributed by atoms with Crippen LogP contribution in [0.25, 0.3) is 0 Å². The highest BCUT2D eigenvalue weighted by atomic mass is 16.3. The van der Waals surface area contributed by atoms with Crippen molar-refractivity contribution < 1.29 is 14.6 Å². The number of nitrogens with zero attached hydrogens (tertiary/aromatic N) is 1. The number of hydrogen-bond acceptors (Lipinski definition) is 8. The Morgan fingerprint density at radius 3 is 2.38 bits per heavy atom. The maximum atomic E-state index is 12.2. The molecule has 1 aromatic heterocycles. The number of hydrogen-bond donors (Lipinski definition) is 4. The lowest BCUT2D eigenvalue weighted by Crippen LogP contribution is -2.37. The molecule has 0 aliphatic carbocycles. The lowest BCUT2D eigenvalue weighted by Gasteiger charge is -2.23. The smallest absolute Gasteiger partial charge is 0.253 e. The molecule has 4 N–H and O–H groups in total. The summed E-state index contributed by atoms with van der Waals surface area (Å²) in [5, 5.41) is 26.6. The molecule has 0 saturated carbocycles. The molecule has 2 atom stereocenters. The Balaban J connectivity index is 1.89. The maximum absolute atomic E-state index is 12.2. The molecule has 0 aliphatic heterocycles. The molecular weight excluding hydrogens is 374 g/mol. The minimum Gasteiger partial charge on any atom is -0.505 e. The summed E-state index contributed by atoms with van der Waals surface area (Å²) in [5.74, 6) is 1.23. The van der Waals surface area contributed by atoms with Gasteiger partial charge in [0.1, 0.15) is 34.9 Å². The van der Waals surface area contributed by atoms with Gasteiger partial charge in [-0.3, -0.25) is 14.5 Å². The maximum Gasteiger partial charge on any atom is 0.253 e. The lowest BCUT2D eigenvalue weighted by atomic mass is 10.1. The molecular formula is C21H25N3O5. The van der Waals surface area contributed by atoms with Gasteiger partial charge < -0.3 is 25.3 Å². The standard InChI is InChI=1S/C21H25N3O5/c1-5-13(15-10-9-11(2)29-15)22-16-17(20(27)19(16)26)23-14-8-6-7-12(18(14)25)21(28)24(3)4/h6-10,13,21-23,25,28H,5H2,1-4H3/t13-,21?/m1/s1. The van der Waals surface area contributed by atoms with Crippen molar-refractivity contribution >= 4 is 17.1 Å². The van der Waals surface area contributed by atoms with Gasteiger partial charge in [-0.1, -0.05) is 19.1 Å². The summed E-state index contributed by atoms with van der Waals surface area (Å²) in [5.41, 5.74) is -0.572. The number of phenolic OH excluding ortho intramolecular Hbond substituents is 1. The number of aryl methyl sites for hydroxylation is 1. The van der Waals surface area contributed by atoms with Gasteiger partial charge in [-0.05, 0) is 45.6 Å². The molecule has 0 bridgehead atoms. The highest BCUT2D eigenvalue weighted by Gasteiger charge is 2.26. The van der Waals surface area contributed by atoms with E-state index in [-0.39, 0.29) is 34.4 Å². The van der Waals surface area contributed by atoms with Crippen molar-refractivity contribution in [3.8, 4) is 5.75 Å². The van der Waals surface area contributed by atoms with E-state index in [1.54, 1.807) is 32.3 Å². The first-order valence-corrected chi connectivity index (χ1v) is 9.34. The largest absolute Gasteiger partial charge is 0.505 e. The van der Waals surface area contributed by atoms with E-state index in [1.165, 1.54) is 4.90 Å². The van der Waals surface area contributed by atoms with Crippen molar-refractivity contribution in [3.63, 3.8) is 0 Å². The van der Waals surface area contributed by atoms with Crippen LogP contribution in [0.4, 0.5) is 17.1 Å². The van der Waals surface area contributed by atoms with E-state index in [0.29, 0.717) is 12.2 Å². The number of furan rings is 1. The van der Waals surface area contributed by atoms with Crippen molar-refractivity contribution in [1.82, 2.24) is 4.90 Å². The van der Waals surface area contributed by atoms with E-state index in [9.17, 15) is 19.8 Å². The minimum absolute atomic E-state index is 0.0727. The number of anilines is 3. The minimum atomic E-state index is -1.02. The summed E-state index contributed by atoms with van der Waals surface area (Å²) in [4.78, 5) is 25.8. The molecule has 1 heterocycles. The Bertz CT molecular complexity index is 1080. The van der Waals surface area contributed by atoms with E-state index < -0.39 is 17.1 Å². The van der Waals surface area contributed by atoms with Crippen LogP contribution in [0.15, 0.2) is 44.3 Å². The average molecular weight is 399 g/mol. The highest BCUT2D eigenvalue weighted by Crippen LogP contribution is 2.35. The van der Waals surface area contributed by atoms with E-state index in [2.05, 4.69) is 10.6 Å². The van der Waals surface area contributed by atoms with Crippen LogP contribution in [0.3, 0.4) is 0 Å². The van der Waals surface area contributed by atoms with Crippen molar-refractivity contribution in [2.24, 2.45) is 0 Å². The van der Waals surface area contributed by atoms with Crippen molar-refractivity contribution in [2.75, 3.05) is 24.7 Å². The Hall–Kier alpha value is -3.10. The fourth-order valence-corrected chi connectivity index (χ4v) is 3.12. The summed E-state index contributed by atoms with van der Waals surface area (Å²) in [6.45, 7) is 3.77. The number of aromatic hydroxyl groups is 1. The van der Waals surface area contributed by atoms with Gasteiger partial charge in [-0.15, -0.1) is 0 Å². The number of aliphatic hydroxyl groups is 1. The predicted octanol–water partition coefficient (Wildman–Crippen LogP) is 2.75. The molecule has 8 nitrogen and oxygen atoms in total. The summed E-state index contributed by atoms with van der Waals surface area (Å²) in [7, 11) is 3.34. The second kappa shape index (κ2) is 8.10. The van der Waals surface area contributed by atoms with Gasteiger partial charge >= 0.3 is 0 Å². The first kappa shape index (κ1) is 20.6. The van der Waals surface area contributed by atoms with Gasteiger partial charge in [0.15, 0.2) is 0 Å². The Labute approximate surface area is 168 Å². The molecule has 8 heteroatoms. The van der Waals surface area contributed by atoms with Gasteiger partial charge in [0.05, 0.1) is 11.7 Å². The van der Waals surface area contributed by atoms with Crippen LogP contribution in [-0.4, -0.2) is 29.2 Å². The van der Waals surface area contributed by atoms with Crippen LogP contribution in [0.2, 0.25) is 0 Å². The fraction of sp³-hybridized carbons (Fsp3) is 0.333. The fourth-order valence-electron chi connectivity index (χ4n) is 3.12. The number of rotatable bonds is 8. The third-order valence-corrected chi connectivity index (χ3v) is 4.84. The van der Waals surface area contributed by atoms with Crippen LogP contribution < -0.4 is 21.5 Å². The number of benzene rings is 1.